The maximum absolute atomic E-state index is 3.54. The summed E-state index contributed by atoms with van der Waals surface area (Å²) in [6.07, 6.45) is 0. The third kappa shape index (κ3) is 1.31. The number of hydrogen-bond acceptors (Lipinski definition) is 0. The Balaban J connectivity index is 2.83. The minimum Gasteiger partial charge on any atom is -0.0703 e. The van der Waals surface area contributed by atoms with Gasteiger partial charge in [0.1, 0.15) is 0 Å². The van der Waals surface area contributed by atoms with E-state index in [2.05, 4.69) is 34.0 Å². The van der Waals surface area contributed by atoms with Crippen LogP contribution in [0.3, 0.4) is 0 Å². The Kier molecular flexibility index (Phi) is 2.05. The summed E-state index contributed by atoms with van der Waals surface area (Å²) in [6, 6.07) is 10.5. The van der Waals surface area contributed by atoms with Crippen molar-refractivity contribution in [2.45, 2.75) is 0 Å². The molecule has 0 atom stereocenters. The predicted octanol–water partition coefficient (Wildman–Crippen LogP) is -0.436. The van der Waals surface area contributed by atoms with Crippen molar-refractivity contribution in [3.8, 4) is 0 Å². The summed E-state index contributed by atoms with van der Waals surface area (Å²) in [5, 5.41) is 1.46. The highest BCUT2D eigenvalue weighted by atomic mass is 29.1. The quantitative estimate of drug-likeness (QED) is 0.458. The molecule has 1 aromatic carbocycles. The molecule has 0 amide bonds. The van der Waals surface area contributed by atoms with Gasteiger partial charge >= 0.3 is 0 Å². The van der Waals surface area contributed by atoms with Gasteiger partial charge in [-0.2, -0.15) is 0 Å². The van der Waals surface area contributed by atoms with Crippen molar-refractivity contribution in [2.24, 2.45) is 0 Å². The van der Waals surface area contributed by atoms with Crippen LogP contribution in [0.1, 0.15) is 0 Å². The highest BCUT2D eigenvalue weighted by molar-refractivity contribution is 6.97. The Hall–Kier alpha value is -0.346. The molecule has 0 aliphatic carbocycles. The Labute approximate surface area is 55.0 Å². The molecule has 0 saturated carbocycles. The van der Waals surface area contributed by atoms with Gasteiger partial charge < -0.3 is 0 Å². The fourth-order valence-corrected chi connectivity index (χ4v) is 1.81. The third-order valence-electron chi connectivity index (χ3n) is 1.05. The van der Waals surface area contributed by atoms with Crippen molar-refractivity contribution in [1.82, 2.24) is 0 Å². The van der Waals surface area contributed by atoms with Crippen LogP contribution in [0.2, 0.25) is 0 Å². The van der Waals surface area contributed by atoms with Gasteiger partial charge in [0, 0.05) is 18.8 Å². The van der Waals surface area contributed by atoms with E-state index in [1.807, 2.05) is 6.07 Å². The molecule has 0 heterocycles. The van der Waals surface area contributed by atoms with Gasteiger partial charge in [-0.15, -0.1) is 0 Å². The Morgan fingerprint density at radius 3 is 2.12 bits per heavy atom. The predicted molar refractivity (Wildman–Crippen MR) is 40.4 cm³/mol. The van der Waals surface area contributed by atoms with Gasteiger partial charge in [0.05, 0.1) is 0 Å². The standard InChI is InChI=1S/C6H7Si2/c7-8-6-4-2-1-3-5-6/h1-5H,8H2. The highest BCUT2D eigenvalue weighted by Gasteiger charge is 1.80. The minimum atomic E-state index is -0.103. The van der Waals surface area contributed by atoms with Crippen LogP contribution in [-0.2, 0) is 0 Å². The summed E-state index contributed by atoms with van der Waals surface area (Å²) in [4.78, 5) is 0. The zero-order chi connectivity index (χ0) is 5.82. The molecular formula is C6H7Si2. The second-order valence-corrected chi connectivity index (χ2v) is 3.89. The largest absolute Gasteiger partial charge is 0.0703 e. The lowest BCUT2D eigenvalue weighted by atomic mass is 10.4. The van der Waals surface area contributed by atoms with Crippen LogP contribution in [0.25, 0.3) is 0 Å². The first-order valence-electron chi connectivity index (χ1n) is 2.62. The van der Waals surface area contributed by atoms with Crippen molar-refractivity contribution >= 4 is 24.0 Å². The van der Waals surface area contributed by atoms with Crippen molar-refractivity contribution in [1.29, 1.82) is 0 Å². The molecule has 0 fully saturated rings. The zero-order valence-electron chi connectivity index (χ0n) is 4.59. The van der Waals surface area contributed by atoms with Gasteiger partial charge in [0.2, 0.25) is 0 Å². The van der Waals surface area contributed by atoms with E-state index < -0.39 is 0 Å². The molecule has 0 aliphatic rings. The van der Waals surface area contributed by atoms with Gasteiger partial charge in [-0.05, 0) is 0 Å². The summed E-state index contributed by atoms with van der Waals surface area (Å²) < 4.78 is 0. The molecule has 0 aromatic heterocycles. The molecule has 0 bridgehead atoms. The summed E-state index contributed by atoms with van der Waals surface area (Å²) in [5.74, 6) is 0. The normalized spacial score (nSPS) is 10.6. The molecule has 1 aromatic rings. The first-order valence-corrected chi connectivity index (χ1v) is 6.15. The van der Waals surface area contributed by atoms with Crippen LogP contribution in [0.15, 0.2) is 30.3 Å². The van der Waals surface area contributed by atoms with Crippen LogP contribution in [0, 0.1) is 0 Å². The summed E-state index contributed by atoms with van der Waals surface area (Å²) >= 11 is 0. The van der Waals surface area contributed by atoms with Crippen molar-refractivity contribution in [3.05, 3.63) is 30.3 Å². The molecule has 1 rings (SSSR count). The maximum Gasteiger partial charge on any atom is 0.0402 e. The lowest BCUT2D eigenvalue weighted by Crippen LogP contribution is -2.12. The van der Waals surface area contributed by atoms with Crippen LogP contribution in [-0.4, -0.2) is 18.8 Å². The maximum atomic E-state index is 3.54. The van der Waals surface area contributed by atoms with E-state index in [1.165, 1.54) is 5.19 Å². The molecule has 0 spiro atoms. The average Bonchev–Trinajstić information content (AvgIpc) is 1.90. The van der Waals surface area contributed by atoms with E-state index in [0.29, 0.717) is 0 Å². The van der Waals surface area contributed by atoms with E-state index >= 15 is 0 Å². The average molecular weight is 135 g/mol. The molecule has 2 heteroatoms. The van der Waals surface area contributed by atoms with Gasteiger partial charge in [-0.1, -0.05) is 35.5 Å². The smallest absolute Gasteiger partial charge is 0.0402 e. The van der Waals surface area contributed by atoms with E-state index in [-0.39, 0.29) is 9.04 Å². The Morgan fingerprint density at radius 1 is 1.12 bits per heavy atom. The van der Waals surface area contributed by atoms with E-state index in [1.54, 1.807) is 0 Å². The fourth-order valence-electron chi connectivity index (χ4n) is 0.596. The number of hydrogen-bond donors (Lipinski definition) is 0. The van der Waals surface area contributed by atoms with E-state index in [4.69, 9.17) is 0 Å². The lowest BCUT2D eigenvalue weighted by molar-refractivity contribution is 1.77. The van der Waals surface area contributed by atoms with Crippen molar-refractivity contribution < 1.29 is 0 Å². The molecule has 39 valence electrons. The number of benzene rings is 1. The highest BCUT2D eigenvalue weighted by Crippen LogP contribution is 1.78. The van der Waals surface area contributed by atoms with Crippen LogP contribution in [0.4, 0.5) is 0 Å². The van der Waals surface area contributed by atoms with Gasteiger partial charge in [-0.25, -0.2) is 0 Å². The lowest BCUT2D eigenvalue weighted by Gasteiger charge is -1.88. The minimum absolute atomic E-state index is 0.103. The van der Waals surface area contributed by atoms with Crippen LogP contribution < -0.4 is 5.19 Å². The molecule has 3 radical (unpaired) electrons. The monoisotopic (exact) mass is 135 g/mol. The zero-order valence-corrected chi connectivity index (χ0v) is 7.01. The topological polar surface area (TPSA) is 0 Å². The Bertz CT molecular complexity index is 148. The van der Waals surface area contributed by atoms with E-state index in [0.717, 1.165) is 0 Å². The van der Waals surface area contributed by atoms with Gasteiger partial charge in [0.25, 0.3) is 0 Å². The molecule has 0 saturated heterocycles. The molecule has 0 N–H and O–H groups in total. The number of rotatable bonds is 1. The van der Waals surface area contributed by atoms with E-state index in [9.17, 15) is 0 Å². The van der Waals surface area contributed by atoms with Gasteiger partial charge in [0.15, 0.2) is 0 Å². The van der Waals surface area contributed by atoms with Crippen molar-refractivity contribution in [3.63, 3.8) is 0 Å². The molecule has 0 unspecified atom stereocenters. The SMILES string of the molecule is [Si][SiH2]c1ccccc1. The summed E-state index contributed by atoms with van der Waals surface area (Å²) in [7, 11) is 3.44. The van der Waals surface area contributed by atoms with Crippen LogP contribution in [0.5, 0.6) is 0 Å². The first kappa shape index (κ1) is 5.78. The van der Waals surface area contributed by atoms with Gasteiger partial charge in [-0.3, -0.25) is 0 Å². The molecule has 0 nitrogen and oxygen atoms in total. The molecule has 8 heavy (non-hydrogen) atoms. The van der Waals surface area contributed by atoms with Crippen molar-refractivity contribution in [2.75, 3.05) is 0 Å². The summed E-state index contributed by atoms with van der Waals surface area (Å²) in [6.45, 7) is 0. The second-order valence-electron chi connectivity index (χ2n) is 1.66. The first-order chi connectivity index (χ1) is 3.93. The Morgan fingerprint density at radius 2 is 1.75 bits per heavy atom. The summed E-state index contributed by atoms with van der Waals surface area (Å²) in [5.41, 5.74) is 0. The molecule has 0 aliphatic heterocycles. The molecular weight excluding hydrogens is 128 g/mol. The third-order valence-corrected chi connectivity index (χ3v) is 3.15. The second kappa shape index (κ2) is 2.84. The van der Waals surface area contributed by atoms with Crippen LogP contribution >= 0.6 is 0 Å². The fraction of sp³-hybridized carbons (Fsp3) is 0.